The van der Waals surface area contributed by atoms with Gasteiger partial charge in [-0.05, 0) is 24.3 Å². The van der Waals surface area contributed by atoms with Crippen LogP contribution in [0, 0.1) is 11.6 Å². The van der Waals surface area contributed by atoms with Crippen molar-refractivity contribution in [3.05, 3.63) is 60.6 Å². The van der Waals surface area contributed by atoms with Crippen LogP contribution in [0.5, 0.6) is 0 Å². The van der Waals surface area contributed by atoms with Crippen molar-refractivity contribution in [1.82, 2.24) is 15.0 Å². The lowest BCUT2D eigenvalue weighted by Gasteiger charge is -2.36. The SMILES string of the molecule is Nc1c(Nc2ccc(F)c(F)c2)ncnc1N1CCN(c2ccccn2)CC1. The highest BCUT2D eigenvalue weighted by molar-refractivity contribution is 5.78. The van der Waals surface area contributed by atoms with E-state index in [0.29, 0.717) is 23.0 Å². The normalized spacial score (nSPS) is 14.2. The minimum Gasteiger partial charge on any atom is -0.393 e. The first-order valence-corrected chi connectivity index (χ1v) is 8.85. The van der Waals surface area contributed by atoms with E-state index >= 15 is 0 Å². The van der Waals surface area contributed by atoms with Gasteiger partial charge in [0.05, 0.1) is 0 Å². The van der Waals surface area contributed by atoms with Gasteiger partial charge < -0.3 is 20.9 Å². The van der Waals surface area contributed by atoms with Gasteiger partial charge in [0.2, 0.25) is 0 Å². The predicted molar refractivity (Wildman–Crippen MR) is 105 cm³/mol. The third kappa shape index (κ3) is 3.64. The molecule has 0 aliphatic carbocycles. The van der Waals surface area contributed by atoms with Crippen LogP contribution in [-0.4, -0.2) is 41.1 Å². The van der Waals surface area contributed by atoms with E-state index in [-0.39, 0.29) is 0 Å². The molecular weight excluding hydrogens is 364 g/mol. The van der Waals surface area contributed by atoms with Crippen molar-refractivity contribution in [3.8, 4) is 0 Å². The summed E-state index contributed by atoms with van der Waals surface area (Å²) in [5.74, 6) is 0.0542. The summed E-state index contributed by atoms with van der Waals surface area (Å²) in [6.45, 7) is 3.02. The first kappa shape index (κ1) is 17.9. The summed E-state index contributed by atoms with van der Waals surface area (Å²) in [6.07, 6.45) is 3.18. The van der Waals surface area contributed by atoms with Crippen molar-refractivity contribution < 1.29 is 8.78 Å². The van der Waals surface area contributed by atoms with Crippen LogP contribution in [-0.2, 0) is 0 Å². The Morgan fingerprint density at radius 3 is 2.39 bits per heavy atom. The number of nitrogens with one attached hydrogen (secondary N) is 1. The summed E-state index contributed by atoms with van der Waals surface area (Å²) in [4.78, 5) is 17.1. The molecular formula is C19H19F2N7. The molecule has 1 aromatic carbocycles. The van der Waals surface area contributed by atoms with Crippen LogP contribution < -0.4 is 20.9 Å². The molecule has 2 aromatic heterocycles. The van der Waals surface area contributed by atoms with Gasteiger partial charge in [-0.1, -0.05) is 6.07 Å². The fourth-order valence-electron chi connectivity index (χ4n) is 3.14. The highest BCUT2D eigenvalue weighted by Gasteiger charge is 2.22. The third-order valence-electron chi connectivity index (χ3n) is 4.60. The molecule has 28 heavy (non-hydrogen) atoms. The number of hydrogen-bond donors (Lipinski definition) is 2. The van der Waals surface area contributed by atoms with E-state index in [4.69, 9.17) is 5.73 Å². The van der Waals surface area contributed by atoms with Crippen LogP contribution in [0.25, 0.3) is 0 Å². The molecule has 144 valence electrons. The molecule has 3 heterocycles. The number of nitrogens with two attached hydrogens (primary N) is 1. The number of hydrogen-bond acceptors (Lipinski definition) is 7. The van der Waals surface area contributed by atoms with Crippen LogP contribution >= 0.6 is 0 Å². The Morgan fingerprint density at radius 2 is 1.68 bits per heavy atom. The molecule has 1 saturated heterocycles. The number of pyridine rings is 1. The lowest BCUT2D eigenvalue weighted by molar-refractivity contribution is 0.509. The number of anilines is 5. The van der Waals surface area contributed by atoms with E-state index in [1.807, 2.05) is 18.2 Å². The lowest BCUT2D eigenvalue weighted by atomic mass is 10.2. The van der Waals surface area contributed by atoms with Gasteiger partial charge in [-0.3, -0.25) is 0 Å². The summed E-state index contributed by atoms with van der Waals surface area (Å²) in [5.41, 5.74) is 6.97. The Kier molecular flexibility index (Phi) is 4.88. The Balaban J connectivity index is 1.49. The molecule has 0 bridgehead atoms. The van der Waals surface area contributed by atoms with Gasteiger partial charge in [0.1, 0.15) is 17.8 Å². The fraction of sp³-hybridized carbons (Fsp3) is 0.211. The number of piperazine rings is 1. The average molecular weight is 383 g/mol. The van der Waals surface area contributed by atoms with Crippen LogP contribution in [0.15, 0.2) is 48.9 Å². The second-order valence-corrected chi connectivity index (χ2v) is 6.38. The van der Waals surface area contributed by atoms with Crippen LogP contribution in [0.3, 0.4) is 0 Å². The van der Waals surface area contributed by atoms with Crippen molar-refractivity contribution in [2.24, 2.45) is 0 Å². The Morgan fingerprint density at radius 1 is 0.893 bits per heavy atom. The molecule has 0 atom stereocenters. The Labute approximate surface area is 160 Å². The molecule has 9 heteroatoms. The topological polar surface area (TPSA) is 83.2 Å². The number of nitrogen functional groups attached to an aromatic ring is 1. The number of rotatable bonds is 4. The van der Waals surface area contributed by atoms with Gasteiger partial charge in [-0.25, -0.2) is 23.7 Å². The first-order valence-electron chi connectivity index (χ1n) is 8.85. The van der Waals surface area contributed by atoms with Gasteiger partial charge in [-0.15, -0.1) is 0 Å². The van der Waals surface area contributed by atoms with Crippen LogP contribution in [0.4, 0.5) is 37.6 Å². The molecule has 0 radical (unpaired) electrons. The zero-order chi connectivity index (χ0) is 19.5. The van der Waals surface area contributed by atoms with Gasteiger partial charge in [-0.2, -0.15) is 0 Å². The first-order chi connectivity index (χ1) is 13.6. The molecule has 1 aliphatic heterocycles. The van der Waals surface area contributed by atoms with Crippen LogP contribution in [0.2, 0.25) is 0 Å². The molecule has 1 fully saturated rings. The zero-order valence-electron chi connectivity index (χ0n) is 15.0. The number of halogens is 2. The maximum atomic E-state index is 13.4. The van der Waals surface area contributed by atoms with Crippen molar-refractivity contribution in [1.29, 1.82) is 0 Å². The van der Waals surface area contributed by atoms with Crippen molar-refractivity contribution in [2.75, 3.05) is 47.0 Å². The molecule has 0 unspecified atom stereocenters. The van der Waals surface area contributed by atoms with E-state index in [2.05, 4.69) is 30.1 Å². The molecule has 3 N–H and O–H groups in total. The largest absolute Gasteiger partial charge is 0.393 e. The van der Waals surface area contributed by atoms with Gasteiger partial charge in [0.15, 0.2) is 23.3 Å². The molecule has 1 aliphatic rings. The molecule has 0 spiro atoms. The maximum absolute atomic E-state index is 13.4. The predicted octanol–water partition coefficient (Wildman–Crippen LogP) is 2.80. The molecule has 7 nitrogen and oxygen atoms in total. The summed E-state index contributed by atoms with van der Waals surface area (Å²) in [6, 6.07) is 9.37. The van der Waals surface area contributed by atoms with Crippen molar-refractivity contribution in [3.63, 3.8) is 0 Å². The van der Waals surface area contributed by atoms with Gasteiger partial charge in [0.25, 0.3) is 0 Å². The smallest absolute Gasteiger partial charge is 0.160 e. The highest BCUT2D eigenvalue weighted by Crippen LogP contribution is 2.29. The van der Waals surface area contributed by atoms with E-state index in [0.717, 1.165) is 44.1 Å². The average Bonchev–Trinajstić information content (AvgIpc) is 2.73. The summed E-state index contributed by atoms with van der Waals surface area (Å²) in [5, 5.41) is 2.92. The van der Waals surface area contributed by atoms with Crippen molar-refractivity contribution >= 4 is 28.8 Å². The van der Waals surface area contributed by atoms with Crippen molar-refractivity contribution in [2.45, 2.75) is 0 Å². The van der Waals surface area contributed by atoms with Gasteiger partial charge in [0, 0.05) is 44.1 Å². The van der Waals surface area contributed by atoms with E-state index < -0.39 is 11.6 Å². The lowest BCUT2D eigenvalue weighted by Crippen LogP contribution is -2.47. The fourth-order valence-corrected chi connectivity index (χ4v) is 3.14. The second kappa shape index (κ2) is 7.63. The number of benzene rings is 1. The standard InChI is InChI=1S/C19H19F2N7/c20-14-5-4-13(11-15(14)21)26-18-17(22)19(25-12-24-18)28-9-7-27(8-10-28)16-3-1-2-6-23-16/h1-6,11-12H,7-10,22H2,(H,24,25,26). The second-order valence-electron chi connectivity index (χ2n) is 6.38. The monoisotopic (exact) mass is 383 g/mol. The minimum atomic E-state index is -0.941. The summed E-state index contributed by atoms with van der Waals surface area (Å²) >= 11 is 0. The Hall–Kier alpha value is -3.49. The molecule has 4 rings (SSSR count). The zero-order valence-corrected chi connectivity index (χ0v) is 15.0. The van der Waals surface area contributed by atoms with Gasteiger partial charge >= 0.3 is 0 Å². The third-order valence-corrected chi connectivity index (χ3v) is 4.60. The quantitative estimate of drug-likeness (QED) is 0.717. The number of nitrogens with zero attached hydrogens (tertiary/aromatic N) is 5. The summed E-state index contributed by atoms with van der Waals surface area (Å²) in [7, 11) is 0. The highest BCUT2D eigenvalue weighted by atomic mass is 19.2. The van der Waals surface area contributed by atoms with Crippen LogP contribution in [0.1, 0.15) is 0 Å². The Bertz CT molecular complexity index is 960. The molecule has 0 amide bonds. The number of aromatic nitrogens is 3. The molecule has 3 aromatic rings. The van der Waals surface area contributed by atoms with E-state index in [9.17, 15) is 8.78 Å². The molecule has 0 saturated carbocycles. The minimum absolute atomic E-state index is 0.350. The maximum Gasteiger partial charge on any atom is 0.160 e. The summed E-state index contributed by atoms with van der Waals surface area (Å²) < 4.78 is 26.5. The van der Waals surface area contributed by atoms with E-state index in [1.165, 1.54) is 12.4 Å². The van der Waals surface area contributed by atoms with E-state index in [1.54, 1.807) is 6.20 Å².